The van der Waals surface area contributed by atoms with Crippen LogP contribution < -0.4 is 11.5 Å². The van der Waals surface area contributed by atoms with E-state index in [1.54, 1.807) is 24.5 Å². The minimum absolute atomic E-state index is 0.368. The second kappa shape index (κ2) is 4.66. The van der Waals surface area contributed by atoms with Crippen molar-refractivity contribution in [1.82, 2.24) is 14.5 Å². The van der Waals surface area contributed by atoms with Gasteiger partial charge in [0.25, 0.3) is 0 Å². The second-order valence-electron chi connectivity index (χ2n) is 4.14. The van der Waals surface area contributed by atoms with Crippen LogP contribution in [0.4, 0.5) is 0 Å². The van der Waals surface area contributed by atoms with Crippen LogP contribution in [0.15, 0.2) is 45.9 Å². The molecule has 0 atom stereocenters. The van der Waals surface area contributed by atoms with Gasteiger partial charge in [0.15, 0.2) is 11.2 Å². The van der Waals surface area contributed by atoms with Crippen LogP contribution in [0.3, 0.4) is 0 Å². The first kappa shape index (κ1) is 11.6. The van der Waals surface area contributed by atoms with Crippen LogP contribution in [0, 0.1) is 0 Å². The predicted molar refractivity (Wildman–Crippen MR) is 69.5 cm³/mol. The summed E-state index contributed by atoms with van der Waals surface area (Å²) in [5.41, 5.74) is 8.30. The first-order chi connectivity index (χ1) is 9.28. The molecule has 3 aromatic rings. The van der Waals surface area contributed by atoms with Crippen molar-refractivity contribution in [3.8, 4) is 0 Å². The number of oxazole rings is 1. The molecule has 0 bridgehead atoms. The van der Waals surface area contributed by atoms with E-state index in [4.69, 9.17) is 10.2 Å². The van der Waals surface area contributed by atoms with Crippen molar-refractivity contribution in [3.63, 3.8) is 0 Å². The molecule has 0 aliphatic heterocycles. The van der Waals surface area contributed by atoms with Gasteiger partial charge in [-0.05, 0) is 29.8 Å². The Kier molecular flexibility index (Phi) is 2.85. The minimum atomic E-state index is -0.417. The zero-order valence-corrected chi connectivity index (χ0v) is 10.1. The van der Waals surface area contributed by atoms with E-state index >= 15 is 0 Å². The molecule has 0 unspecified atom stereocenters. The number of nitrogens with two attached hydrogens (primary N) is 1. The van der Waals surface area contributed by atoms with Gasteiger partial charge in [0, 0.05) is 18.9 Å². The lowest BCUT2D eigenvalue weighted by Gasteiger charge is -2.03. The highest BCUT2D eigenvalue weighted by atomic mass is 16.4. The zero-order valence-electron chi connectivity index (χ0n) is 10.1. The van der Waals surface area contributed by atoms with Gasteiger partial charge in [-0.15, -0.1) is 0 Å². The molecule has 0 spiro atoms. The molecule has 2 N–H and O–H groups in total. The second-order valence-corrected chi connectivity index (χ2v) is 4.14. The average Bonchev–Trinajstić information content (AvgIpc) is 2.76. The number of hydrogen-bond donors (Lipinski definition) is 1. The molecule has 0 saturated heterocycles. The summed E-state index contributed by atoms with van der Waals surface area (Å²) in [6.07, 6.45) is 3.31. The average molecular weight is 256 g/mol. The normalized spacial score (nSPS) is 11.0. The molecule has 0 aliphatic rings. The maximum absolute atomic E-state index is 11.8. The fourth-order valence-corrected chi connectivity index (χ4v) is 1.96. The lowest BCUT2D eigenvalue weighted by molar-refractivity contribution is 0.517. The van der Waals surface area contributed by atoms with Crippen LogP contribution in [0.1, 0.15) is 11.3 Å². The molecular formula is C13H12N4O2. The van der Waals surface area contributed by atoms with Crippen molar-refractivity contribution in [2.45, 2.75) is 13.1 Å². The smallest absolute Gasteiger partial charge is 0.406 e. The van der Waals surface area contributed by atoms with Crippen molar-refractivity contribution in [1.29, 1.82) is 0 Å². The Labute approximate surface area is 108 Å². The molecule has 6 heteroatoms. The van der Waals surface area contributed by atoms with Crippen LogP contribution in [0.2, 0.25) is 0 Å². The third-order valence-corrected chi connectivity index (χ3v) is 2.85. The summed E-state index contributed by atoms with van der Waals surface area (Å²) >= 11 is 0. The van der Waals surface area contributed by atoms with Gasteiger partial charge in [0.2, 0.25) is 0 Å². The Morgan fingerprint density at radius 1 is 1.26 bits per heavy atom. The number of rotatable bonds is 3. The molecule has 96 valence electrons. The molecule has 0 fully saturated rings. The number of hydrogen-bond acceptors (Lipinski definition) is 5. The van der Waals surface area contributed by atoms with Crippen LogP contribution >= 0.6 is 0 Å². The SMILES string of the molecule is NCc1cc(Cn2c(=O)oc3cccnc32)ccn1. The Morgan fingerprint density at radius 3 is 3.00 bits per heavy atom. The molecular weight excluding hydrogens is 244 g/mol. The maximum Gasteiger partial charge on any atom is 0.421 e. The van der Waals surface area contributed by atoms with Gasteiger partial charge in [-0.3, -0.25) is 9.55 Å². The quantitative estimate of drug-likeness (QED) is 0.752. The molecule has 0 aliphatic carbocycles. The van der Waals surface area contributed by atoms with E-state index in [9.17, 15) is 4.79 Å². The summed E-state index contributed by atoms with van der Waals surface area (Å²) in [5, 5.41) is 0. The van der Waals surface area contributed by atoms with Gasteiger partial charge >= 0.3 is 5.76 Å². The standard InChI is InChI=1S/C13H12N4O2/c14-7-10-6-9(3-5-15-10)8-17-12-11(19-13(17)18)2-1-4-16-12/h1-6H,7-8,14H2. The summed E-state index contributed by atoms with van der Waals surface area (Å²) in [7, 11) is 0. The van der Waals surface area contributed by atoms with Crippen LogP contribution in [-0.2, 0) is 13.1 Å². The number of nitrogens with zero attached hydrogens (tertiary/aromatic N) is 3. The van der Waals surface area contributed by atoms with E-state index in [1.807, 2.05) is 12.1 Å². The van der Waals surface area contributed by atoms with E-state index in [0.717, 1.165) is 11.3 Å². The highest BCUT2D eigenvalue weighted by Crippen LogP contribution is 2.11. The molecule has 3 aromatic heterocycles. The molecule has 0 saturated carbocycles. The van der Waals surface area contributed by atoms with Crippen LogP contribution in [-0.4, -0.2) is 14.5 Å². The fraction of sp³-hybridized carbons (Fsp3) is 0.154. The van der Waals surface area contributed by atoms with E-state index in [-0.39, 0.29) is 0 Å². The molecule has 0 radical (unpaired) electrons. The molecule has 3 heterocycles. The first-order valence-corrected chi connectivity index (χ1v) is 5.86. The van der Waals surface area contributed by atoms with Gasteiger partial charge in [-0.1, -0.05) is 0 Å². The lowest BCUT2D eigenvalue weighted by Crippen LogP contribution is -2.15. The number of aromatic nitrogens is 3. The highest BCUT2D eigenvalue weighted by molar-refractivity contribution is 5.67. The van der Waals surface area contributed by atoms with Crippen molar-refractivity contribution in [3.05, 3.63) is 58.5 Å². The summed E-state index contributed by atoms with van der Waals surface area (Å²) in [6, 6.07) is 7.16. The third-order valence-electron chi connectivity index (χ3n) is 2.85. The van der Waals surface area contributed by atoms with Crippen LogP contribution in [0.5, 0.6) is 0 Å². The molecule has 0 aromatic carbocycles. The number of pyridine rings is 2. The largest absolute Gasteiger partial charge is 0.421 e. The molecule has 0 amide bonds. The van der Waals surface area contributed by atoms with Crippen molar-refractivity contribution in [2.24, 2.45) is 5.73 Å². The van der Waals surface area contributed by atoms with Crippen molar-refractivity contribution in [2.75, 3.05) is 0 Å². The Hall–Kier alpha value is -2.47. The molecule has 6 nitrogen and oxygen atoms in total. The lowest BCUT2D eigenvalue weighted by atomic mass is 10.2. The van der Waals surface area contributed by atoms with Crippen LogP contribution in [0.25, 0.3) is 11.2 Å². The van der Waals surface area contributed by atoms with Gasteiger partial charge < -0.3 is 10.2 Å². The summed E-state index contributed by atoms with van der Waals surface area (Å²) < 4.78 is 6.62. The maximum atomic E-state index is 11.8. The fourth-order valence-electron chi connectivity index (χ4n) is 1.96. The molecule has 19 heavy (non-hydrogen) atoms. The first-order valence-electron chi connectivity index (χ1n) is 5.86. The Bertz CT molecular complexity index is 775. The molecule has 3 rings (SSSR count). The van der Waals surface area contributed by atoms with E-state index in [2.05, 4.69) is 9.97 Å². The Balaban J connectivity index is 2.05. The third kappa shape index (κ3) is 2.13. The van der Waals surface area contributed by atoms with Gasteiger partial charge in [-0.2, -0.15) is 0 Å². The predicted octanol–water partition coefficient (Wildman–Crippen LogP) is 0.891. The Morgan fingerprint density at radius 2 is 2.16 bits per heavy atom. The highest BCUT2D eigenvalue weighted by Gasteiger charge is 2.10. The summed E-state index contributed by atoms with van der Waals surface area (Å²) in [6.45, 7) is 0.755. The zero-order chi connectivity index (χ0) is 13.2. The van der Waals surface area contributed by atoms with Gasteiger partial charge in [-0.25, -0.2) is 9.78 Å². The minimum Gasteiger partial charge on any atom is -0.406 e. The summed E-state index contributed by atoms with van der Waals surface area (Å²) in [5.74, 6) is -0.417. The van der Waals surface area contributed by atoms with Gasteiger partial charge in [0.1, 0.15) is 0 Å². The number of fused-ring (bicyclic) bond motifs is 1. The van der Waals surface area contributed by atoms with E-state index in [0.29, 0.717) is 24.3 Å². The van der Waals surface area contributed by atoms with Crippen molar-refractivity contribution < 1.29 is 4.42 Å². The van der Waals surface area contributed by atoms with Gasteiger partial charge in [0.05, 0.1) is 12.2 Å². The van der Waals surface area contributed by atoms with E-state index < -0.39 is 5.76 Å². The van der Waals surface area contributed by atoms with E-state index in [1.165, 1.54) is 4.57 Å². The topological polar surface area (TPSA) is 86.9 Å². The summed E-state index contributed by atoms with van der Waals surface area (Å²) in [4.78, 5) is 20.1. The monoisotopic (exact) mass is 256 g/mol. The van der Waals surface area contributed by atoms with Crippen molar-refractivity contribution >= 4 is 11.2 Å².